The SMILES string of the molecule is COC(=O)c1ccc(COc2cccc3ccc(C(C)C)cc23)cc1. The molecule has 0 aliphatic heterocycles. The summed E-state index contributed by atoms with van der Waals surface area (Å²) in [5, 5.41) is 2.29. The van der Waals surface area contributed by atoms with Gasteiger partial charge in [-0.15, -0.1) is 0 Å². The number of rotatable bonds is 5. The van der Waals surface area contributed by atoms with E-state index >= 15 is 0 Å². The molecule has 0 aliphatic rings. The highest BCUT2D eigenvalue weighted by Crippen LogP contribution is 2.29. The number of benzene rings is 3. The van der Waals surface area contributed by atoms with Crippen molar-refractivity contribution in [2.75, 3.05) is 7.11 Å². The number of hydrogen-bond acceptors (Lipinski definition) is 3. The van der Waals surface area contributed by atoms with Gasteiger partial charge in [-0.3, -0.25) is 0 Å². The fraction of sp³-hybridized carbons (Fsp3) is 0.227. The minimum absolute atomic E-state index is 0.331. The molecule has 0 radical (unpaired) electrons. The van der Waals surface area contributed by atoms with E-state index in [0.29, 0.717) is 18.1 Å². The molecule has 0 fully saturated rings. The Hall–Kier alpha value is -2.81. The molecule has 0 spiro atoms. The van der Waals surface area contributed by atoms with E-state index in [1.807, 2.05) is 24.3 Å². The number of hydrogen-bond donors (Lipinski definition) is 0. The first-order valence-corrected chi connectivity index (χ1v) is 8.41. The number of esters is 1. The van der Waals surface area contributed by atoms with Crippen molar-refractivity contribution in [2.24, 2.45) is 0 Å². The summed E-state index contributed by atoms with van der Waals surface area (Å²) in [6.45, 7) is 4.83. The average molecular weight is 334 g/mol. The second-order valence-corrected chi connectivity index (χ2v) is 6.37. The predicted octanol–water partition coefficient (Wildman–Crippen LogP) is 5.33. The van der Waals surface area contributed by atoms with Crippen molar-refractivity contribution in [3.8, 4) is 5.75 Å². The van der Waals surface area contributed by atoms with E-state index in [4.69, 9.17) is 9.47 Å². The Labute approximate surface area is 148 Å². The first kappa shape index (κ1) is 17.0. The Morgan fingerprint density at radius 2 is 1.76 bits per heavy atom. The second kappa shape index (κ2) is 7.39. The molecule has 0 unspecified atom stereocenters. The lowest BCUT2D eigenvalue weighted by Gasteiger charge is -2.12. The van der Waals surface area contributed by atoms with Crippen LogP contribution in [0.5, 0.6) is 5.75 Å². The Morgan fingerprint density at radius 1 is 1.00 bits per heavy atom. The average Bonchev–Trinajstić information content (AvgIpc) is 2.65. The molecule has 0 atom stereocenters. The lowest BCUT2D eigenvalue weighted by atomic mass is 9.99. The molecule has 25 heavy (non-hydrogen) atoms. The first-order chi connectivity index (χ1) is 12.1. The van der Waals surface area contributed by atoms with Crippen molar-refractivity contribution in [3.05, 3.63) is 77.4 Å². The van der Waals surface area contributed by atoms with E-state index in [1.165, 1.54) is 18.1 Å². The lowest BCUT2D eigenvalue weighted by Crippen LogP contribution is -2.02. The van der Waals surface area contributed by atoms with E-state index in [2.05, 4.69) is 38.1 Å². The Bertz CT molecular complexity index is 879. The third-order valence-corrected chi connectivity index (χ3v) is 4.30. The van der Waals surface area contributed by atoms with Crippen LogP contribution in [0, 0.1) is 0 Å². The van der Waals surface area contributed by atoms with Gasteiger partial charge in [0, 0.05) is 5.39 Å². The Morgan fingerprint density at radius 3 is 2.44 bits per heavy atom. The van der Waals surface area contributed by atoms with Gasteiger partial charge in [0.1, 0.15) is 12.4 Å². The predicted molar refractivity (Wildman–Crippen MR) is 100 cm³/mol. The van der Waals surface area contributed by atoms with Crippen LogP contribution in [0.1, 0.15) is 41.3 Å². The molecule has 0 aliphatic carbocycles. The van der Waals surface area contributed by atoms with Gasteiger partial charge in [-0.05, 0) is 46.7 Å². The third kappa shape index (κ3) is 3.82. The van der Waals surface area contributed by atoms with Crippen molar-refractivity contribution in [2.45, 2.75) is 26.4 Å². The van der Waals surface area contributed by atoms with Crippen molar-refractivity contribution < 1.29 is 14.3 Å². The van der Waals surface area contributed by atoms with Gasteiger partial charge in [-0.2, -0.15) is 0 Å². The molecule has 0 saturated heterocycles. The first-order valence-electron chi connectivity index (χ1n) is 8.41. The molecular formula is C22H22O3. The van der Waals surface area contributed by atoms with E-state index in [9.17, 15) is 4.79 Å². The maximum Gasteiger partial charge on any atom is 0.337 e. The normalized spacial score (nSPS) is 10.9. The van der Waals surface area contributed by atoms with Crippen LogP contribution in [0.15, 0.2) is 60.7 Å². The molecule has 0 heterocycles. The van der Waals surface area contributed by atoms with Crippen molar-refractivity contribution in [1.29, 1.82) is 0 Å². The minimum Gasteiger partial charge on any atom is -0.488 e. The fourth-order valence-electron chi connectivity index (χ4n) is 2.76. The summed E-state index contributed by atoms with van der Waals surface area (Å²) in [5.41, 5.74) is 2.84. The van der Waals surface area contributed by atoms with Crippen LogP contribution in [-0.2, 0) is 11.3 Å². The summed E-state index contributed by atoms with van der Waals surface area (Å²) in [6.07, 6.45) is 0. The minimum atomic E-state index is -0.331. The number of carbonyl (C=O) groups excluding carboxylic acids is 1. The molecule has 3 aromatic rings. The Balaban J connectivity index is 1.81. The molecular weight excluding hydrogens is 312 g/mol. The monoisotopic (exact) mass is 334 g/mol. The maximum atomic E-state index is 11.5. The summed E-state index contributed by atoms with van der Waals surface area (Å²) >= 11 is 0. The molecule has 3 heteroatoms. The van der Waals surface area contributed by atoms with Crippen LogP contribution >= 0.6 is 0 Å². The zero-order chi connectivity index (χ0) is 17.8. The summed E-state index contributed by atoms with van der Waals surface area (Å²) in [4.78, 5) is 11.5. The number of methoxy groups -OCH3 is 1. The quantitative estimate of drug-likeness (QED) is 0.592. The molecule has 128 valence electrons. The van der Waals surface area contributed by atoms with Crippen LogP contribution in [0.4, 0.5) is 0 Å². The van der Waals surface area contributed by atoms with Gasteiger partial charge in [0.15, 0.2) is 0 Å². The van der Waals surface area contributed by atoms with Crippen LogP contribution in [0.2, 0.25) is 0 Å². The van der Waals surface area contributed by atoms with Gasteiger partial charge in [-0.25, -0.2) is 4.79 Å². The molecule has 3 nitrogen and oxygen atoms in total. The number of ether oxygens (including phenoxy) is 2. The van der Waals surface area contributed by atoms with Gasteiger partial charge in [-0.1, -0.05) is 50.2 Å². The third-order valence-electron chi connectivity index (χ3n) is 4.30. The van der Waals surface area contributed by atoms with Crippen molar-refractivity contribution in [3.63, 3.8) is 0 Å². The van der Waals surface area contributed by atoms with E-state index in [-0.39, 0.29) is 5.97 Å². The van der Waals surface area contributed by atoms with Crippen molar-refractivity contribution >= 4 is 16.7 Å². The van der Waals surface area contributed by atoms with Crippen molar-refractivity contribution in [1.82, 2.24) is 0 Å². The van der Waals surface area contributed by atoms with Crippen LogP contribution in [0.25, 0.3) is 10.8 Å². The molecule has 0 bridgehead atoms. The smallest absolute Gasteiger partial charge is 0.337 e. The highest BCUT2D eigenvalue weighted by atomic mass is 16.5. The van der Waals surface area contributed by atoms with E-state index in [0.717, 1.165) is 16.7 Å². The fourth-order valence-corrected chi connectivity index (χ4v) is 2.76. The molecule has 0 N–H and O–H groups in total. The molecule has 0 aromatic heterocycles. The summed E-state index contributed by atoms with van der Waals surface area (Å²) in [7, 11) is 1.38. The lowest BCUT2D eigenvalue weighted by molar-refractivity contribution is 0.0600. The highest BCUT2D eigenvalue weighted by Gasteiger charge is 2.07. The largest absolute Gasteiger partial charge is 0.488 e. The molecule has 3 rings (SSSR count). The second-order valence-electron chi connectivity index (χ2n) is 6.37. The van der Waals surface area contributed by atoms with Gasteiger partial charge in [0.05, 0.1) is 12.7 Å². The van der Waals surface area contributed by atoms with Gasteiger partial charge < -0.3 is 9.47 Å². The Kier molecular flexibility index (Phi) is 5.03. The molecule has 0 saturated carbocycles. The summed E-state index contributed by atoms with van der Waals surface area (Å²) < 4.78 is 10.8. The summed E-state index contributed by atoms with van der Waals surface area (Å²) in [6, 6.07) is 19.9. The number of fused-ring (bicyclic) bond motifs is 1. The number of carbonyl (C=O) groups is 1. The van der Waals surface area contributed by atoms with Gasteiger partial charge >= 0.3 is 5.97 Å². The standard InChI is InChI=1S/C22H22O3/c1-15(2)19-12-11-17-5-4-6-21(20(17)13-19)25-14-16-7-9-18(10-8-16)22(23)24-3/h4-13,15H,14H2,1-3H3. The zero-order valence-electron chi connectivity index (χ0n) is 14.8. The molecule has 3 aromatic carbocycles. The zero-order valence-corrected chi connectivity index (χ0v) is 14.8. The van der Waals surface area contributed by atoms with E-state index in [1.54, 1.807) is 12.1 Å². The van der Waals surface area contributed by atoms with Crippen LogP contribution < -0.4 is 4.74 Å². The van der Waals surface area contributed by atoms with Crippen LogP contribution in [-0.4, -0.2) is 13.1 Å². The summed E-state index contributed by atoms with van der Waals surface area (Å²) in [5.74, 6) is 1.02. The van der Waals surface area contributed by atoms with Gasteiger partial charge in [0.25, 0.3) is 0 Å². The molecule has 0 amide bonds. The maximum absolute atomic E-state index is 11.5. The van der Waals surface area contributed by atoms with Crippen LogP contribution in [0.3, 0.4) is 0 Å². The highest BCUT2D eigenvalue weighted by molar-refractivity contribution is 5.89. The van der Waals surface area contributed by atoms with Gasteiger partial charge in [0.2, 0.25) is 0 Å². The topological polar surface area (TPSA) is 35.5 Å². The van der Waals surface area contributed by atoms with E-state index < -0.39 is 0 Å².